The number of hydrogen-bond donors (Lipinski definition) is 2. The van der Waals surface area contributed by atoms with E-state index in [1.54, 1.807) is 0 Å². The number of non-ortho nitro benzene ring substituents is 1. The van der Waals surface area contributed by atoms with E-state index in [-0.39, 0.29) is 23.0 Å². The maximum absolute atomic E-state index is 12.3. The molecule has 2 atom stereocenters. The number of aliphatic carboxylic acids is 1. The minimum Gasteiger partial charge on any atom is -0.481 e. The fraction of sp³-hybridized carbons (Fsp3) is 0.529. The van der Waals surface area contributed by atoms with Gasteiger partial charge in [0.2, 0.25) is 5.91 Å². The minimum atomic E-state index is -0.888. The summed E-state index contributed by atoms with van der Waals surface area (Å²) in [6.45, 7) is 0. The van der Waals surface area contributed by atoms with Crippen molar-refractivity contribution in [2.24, 2.45) is 5.92 Å². The number of halogens is 1. The van der Waals surface area contributed by atoms with Crippen LogP contribution in [0, 0.1) is 16.0 Å². The molecule has 1 aliphatic rings. The summed E-state index contributed by atoms with van der Waals surface area (Å²) < 4.78 is 0. The predicted molar refractivity (Wildman–Crippen MR) is 92.6 cm³/mol. The number of carbonyl (C=O) groups is 2. The van der Waals surface area contributed by atoms with Crippen LogP contribution in [0.1, 0.15) is 44.1 Å². The SMILES string of the molecule is O=C(Cc1ccc([N+](=O)[O-])cc1Cl)NC1CCCCCCC1C(=O)O. The molecule has 7 nitrogen and oxygen atoms in total. The number of nitro groups is 1. The lowest BCUT2D eigenvalue weighted by atomic mass is 9.86. The number of rotatable bonds is 5. The van der Waals surface area contributed by atoms with E-state index in [0.717, 1.165) is 25.7 Å². The van der Waals surface area contributed by atoms with E-state index < -0.39 is 22.9 Å². The Bertz CT molecular complexity index is 664. The molecule has 2 unspecified atom stereocenters. The van der Waals surface area contributed by atoms with Gasteiger partial charge in [0.15, 0.2) is 0 Å². The summed E-state index contributed by atoms with van der Waals surface area (Å²) in [6.07, 6.45) is 4.93. The van der Waals surface area contributed by atoms with Crippen molar-refractivity contribution in [2.45, 2.75) is 51.0 Å². The third-order valence-electron chi connectivity index (χ3n) is 4.53. The number of nitrogens with zero attached hydrogens (tertiary/aromatic N) is 1. The largest absolute Gasteiger partial charge is 0.481 e. The molecule has 0 bridgehead atoms. The zero-order chi connectivity index (χ0) is 18.4. The van der Waals surface area contributed by atoms with E-state index in [1.807, 2.05) is 0 Å². The van der Waals surface area contributed by atoms with Crippen LogP contribution in [0.3, 0.4) is 0 Å². The number of carboxylic acids is 1. The number of carboxylic acid groups (broad SMARTS) is 1. The molecule has 0 radical (unpaired) electrons. The van der Waals surface area contributed by atoms with Gasteiger partial charge in [-0.15, -0.1) is 0 Å². The second-order valence-electron chi connectivity index (χ2n) is 6.32. The second kappa shape index (κ2) is 8.80. The van der Waals surface area contributed by atoms with Crippen LogP contribution in [-0.4, -0.2) is 27.9 Å². The van der Waals surface area contributed by atoms with Crippen LogP contribution in [0.15, 0.2) is 18.2 Å². The summed E-state index contributed by atoms with van der Waals surface area (Å²) in [5.74, 6) is -1.80. The Kier molecular flexibility index (Phi) is 6.75. The molecule has 0 heterocycles. The first-order chi connectivity index (χ1) is 11.9. The van der Waals surface area contributed by atoms with Gasteiger partial charge in [0.1, 0.15) is 0 Å². The van der Waals surface area contributed by atoms with Crippen molar-refractivity contribution in [3.63, 3.8) is 0 Å². The summed E-state index contributed by atoms with van der Waals surface area (Å²) in [7, 11) is 0. The van der Waals surface area contributed by atoms with Crippen molar-refractivity contribution in [3.8, 4) is 0 Å². The Hall–Kier alpha value is -2.15. The van der Waals surface area contributed by atoms with Crippen molar-refractivity contribution >= 4 is 29.2 Å². The summed E-state index contributed by atoms with van der Waals surface area (Å²) in [5.41, 5.74) is 0.336. The molecule has 1 aromatic carbocycles. The normalized spacial score (nSPS) is 21.0. The first-order valence-electron chi connectivity index (χ1n) is 8.33. The van der Waals surface area contributed by atoms with Gasteiger partial charge in [-0.05, 0) is 18.4 Å². The fourth-order valence-electron chi connectivity index (χ4n) is 3.18. The van der Waals surface area contributed by atoms with E-state index in [9.17, 15) is 24.8 Å². The maximum Gasteiger partial charge on any atom is 0.308 e. The standard InChI is InChI=1S/C17H21ClN2O5/c18-14-10-12(20(24)25)8-7-11(14)9-16(21)19-15-6-4-2-1-3-5-13(15)17(22)23/h7-8,10,13,15H,1-6,9H2,(H,19,21)(H,22,23). The number of benzene rings is 1. The average molecular weight is 369 g/mol. The molecule has 2 rings (SSSR count). The van der Waals surface area contributed by atoms with Crippen LogP contribution in [0.5, 0.6) is 0 Å². The van der Waals surface area contributed by atoms with Gasteiger partial charge in [0.05, 0.1) is 22.3 Å². The molecule has 0 aliphatic heterocycles. The van der Waals surface area contributed by atoms with Crippen molar-refractivity contribution in [1.29, 1.82) is 0 Å². The zero-order valence-corrected chi connectivity index (χ0v) is 14.5. The Morgan fingerprint density at radius 3 is 2.52 bits per heavy atom. The predicted octanol–water partition coefficient (Wildman–Crippen LogP) is 3.33. The van der Waals surface area contributed by atoms with E-state index in [1.165, 1.54) is 18.2 Å². The first kappa shape index (κ1) is 19.2. The summed E-state index contributed by atoms with van der Waals surface area (Å²) in [5, 5.41) is 23.1. The number of nitro benzene ring substituents is 1. The zero-order valence-electron chi connectivity index (χ0n) is 13.7. The second-order valence-corrected chi connectivity index (χ2v) is 6.73. The minimum absolute atomic E-state index is 0.0420. The summed E-state index contributed by atoms with van der Waals surface area (Å²) in [6, 6.07) is 3.55. The Labute approximate surface area is 150 Å². The maximum atomic E-state index is 12.3. The molecule has 25 heavy (non-hydrogen) atoms. The summed E-state index contributed by atoms with van der Waals surface area (Å²) >= 11 is 6.01. The van der Waals surface area contributed by atoms with Gasteiger partial charge < -0.3 is 10.4 Å². The van der Waals surface area contributed by atoms with Crippen LogP contribution in [0.2, 0.25) is 5.02 Å². The third-order valence-corrected chi connectivity index (χ3v) is 4.88. The molecule has 1 amide bonds. The lowest BCUT2D eigenvalue weighted by Gasteiger charge is -2.27. The molecule has 1 aliphatic carbocycles. The first-order valence-corrected chi connectivity index (χ1v) is 8.71. The molecular weight excluding hydrogens is 348 g/mol. The van der Waals surface area contributed by atoms with Crippen LogP contribution < -0.4 is 5.32 Å². The molecule has 1 aromatic rings. The molecule has 2 N–H and O–H groups in total. The van der Waals surface area contributed by atoms with Gasteiger partial charge in [-0.2, -0.15) is 0 Å². The van der Waals surface area contributed by atoms with Gasteiger partial charge in [0.25, 0.3) is 5.69 Å². The van der Waals surface area contributed by atoms with E-state index in [4.69, 9.17) is 11.6 Å². The highest BCUT2D eigenvalue weighted by Gasteiger charge is 2.30. The summed E-state index contributed by atoms with van der Waals surface area (Å²) in [4.78, 5) is 34.0. The van der Waals surface area contributed by atoms with E-state index >= 15 is 0 Å². The van der Waals surface area contributed by atoms with Crippen molar-refractivity contribution < 1.29 is 19.6 Å². The van der Waals surface area contributed by atoms with Gasteiger partial charge in [-0.1, -0.05) is 43.4 Å². The Morgan fingerprint density at radius 2 is 1.92 bits per heavy atom. The highest BCUT2D eigenvalue weighted by Crippen LogP contribution is 2.25. The molecule has 0 saturated heterocycles. The quantitative estimate of drug-likeness (QED) is 0.611. The lowest BCUT2D eigenvalue weighted by molar-refractivity contribution is -0.384. The topological polar surface area (TPSA) is 110 Å². The van der Waals surface area contributed by atoms with Crippen molar-refractivity contribution in [2.75, 3.05) is 0 Å². The molecular formula is C17H21ClN2O5. The van der Waals surface area contributed by atoms with E-state index in [2.05, 4.69) is 5.32 Å². The van der Waals surface area contributed by atoms with Gasteiger partial charge in [0, 0.05) is 18.2 Å². The highest BCUT2D eigenvalue weighted by molar-refractivity contribution is 6.31. The fourth-order valence-corrected chi connectivity index (χ4v) is 3.42. The number of hydrogen-bond acceptors (Lipinski definition) is 4. The van der Waals surface area contributed by atoms with Crippen LogP contribution in [0.25, 0.3) is 0 Å². The average Bonchev–Trinajstić information content (AvgIpc) is 2.51. The Morgan fingerprint density at radius 1 is 1.24 bits per heavy atom. The lowest BCUT2D eigenvalue weighted by Crippen LogP contribution is -2.44. The number of amides is 1. The molecule has 8 heteroatoms. The van der Waals surface area contributed by atoms with E-state index in [0.29, 0.717) is 18.4 Å². The molecule has 1 fully saturated rings. The van der Waals surface area contributed by atoms with Gasteiger partial charge in [-0.25, -0.2) is 0 Å². The smallest absolute Gasteiger partial charge is 0.308 e. The van der Waals surface area contributed by atoms with Crippen LogP contribution in [-0.2, 0) is 16.0 Å². The molecule has 1 saturated carbocycles. The number of nitrogens with one attached hydrogen (secondary N) is 1. The Balaban J connectivity index is 2.04. The van der Waals surface area contributed by atoms with Crippen molar-refractivity contribution in [1.82, 2.24) is 5.32 Å². The highest BCUT2D eigenvalue weighted by atomic mass is 35.5. The van der Waals surface area contributed by atoms with Crippen LogP contribution >= 0.6 is 11.6 Å². The molecule has 0 aromatic heterocycles. The van der Waals surface area contributed by atoms with Gasteiger partial charge in [-0.3, -0.25) is 19.7 Å². The molecule has 0 spiro atoms. The third kappa shape index (κ3) is 5.42. The number of carbonyl (C=O) groups excluding carboxylic acids is 1. The monoisotopic (exact) mass is 368 g/mol. The molecule has 136 valence electrons. The van der Waals surface area contributed by atoms with Crippen LogP contribution in [0.4, 0.5) is 5.69 Å². The van der Waals surface area contributed by atoms with Gasteiger partial charge >= 0.3 is 5.97 Å². The van der Waals surface area contributed by atoms with Crippen molar-refractivity contribution in [3.05, 3.63) is 38.9 Å².